The maximum absolute atomic E-state index is 11.5. The van der Waals surface area contributed by atoms with Crippen molar-refractivity contribution in [1.82, 2.24) is 15.0 Å². The van der Waals surface area contributed by atoms with Crippen LogP contribution in [0.4, 0.5) is 0 Å². The van der Waals surface area contributed by atoms with Gasteiger partial charge in [0.15, 0.2) is 25.3 Å². The summed E-state index contributed by atoms with van der Waals surface area (Å²) in [7, 11) is 5.34. The maximum Gasteiger partial charge on any atom is 0.173 e. The summed E-state index contributed by atoms with van der Waals surface area (Å²) < 4.78 is 5.58. The number of phenols is 1. The molecule has 0 saturated heterocycles. The lowest BCUT2D eigenvalue weighted by atomic mass is 9.88. The van der Waals surface area contributed by atoms with Crippen LogP contribution in [0.5, 0.6) is 11.5 Å². The minimum absolute atomic E-state index is 0.0725. The van der Waals surface area contributed by atoms with E-state index in [0.717, 1.165) is 33.4 Å². The number of phenolic OH excluding ortho intramolecular Hbond substituents is 1. The lowest BCUT2D eigenvalue weighted by molar-refractivity contribution is -0.117. The van der Waals surface area contributed by atoms with Gasteiger partial charge in [0.2, 0.25) is 0 Å². The number of benzene rings is 3. The molecule has 0 aliphatic carbocycles. The third-order valence-electron chi connectivity index (χ3n) is 9.01. The number of nitrogens with zero attached hydrogens (tertiary/aromatic N) is 3. The molecular formula is C34H38BN3O3. The molecule has 0 amide bonds. The Morgan fingerprint density at radius 3 is 1.39 bits per heavy atom. The molecule has 0 aliphatic heterocycles. The molecule has 4 rings (SSSR count). The predicted molar refractivity (Wildman–Crippen MR) is 166 cm³/mol. The Bertz CT molecular complexity index is 1580. The number of aromatic hydroxyl groups is 1. The number of carbonyl (C=O) groups excluding carboxylic acids is 1. The highest BCUT2D eigenvalue weighted by Crippen LogP contribution is 2.38. The van der Waals surface area contributed by atoms with Gasteiger partial charge in [0.05, 0.1) is 5.56 Å². The highest BCUT2D eigenvalue weighted by Gasteiger charge is 2.23. The van der Waals surface area contributed by atoms with Crippen molar-refractivity contribution < 1.29 is 14.6 Å². The van der Waals surface area contributed by atoms with Crippen molar-refractivity contribution >= 4 is 13.5 Å². The van der Waals surface area contributed by atoms with Gasteiger partial charge in [-0.15, -0.1) is 0 Å². The summed E-state index contributed by atoms with van der Waals surface area (Å²) in [6.45, 7) is 22.8. The van der Waals surface area contributed by atoms with Crippen molar-refractivity contribution in [2.75, 3.05) is 0 Å². The summed E-state index contributed by atoms with van der Waals surface area (Å²) in [6.07, 6.45) is -0.839. The molecule has 1 atom stereocenters. The molecule has 3 aromatic carbocycles. The first-order chi connectivity index (χ1) is 19.1. The van der Waals surface area contributed by atoms with Gasteiger partial charge in [-0.05, 0) is 144 Å². The molecule has 1 aromatic heterocycles. The zero-order chi connectivity index (χ0) is 30.5. The first-order valence-corrected chi connectivity index (χ1v) is 13.9. The number of carbonyl (C=O) groups is 1. The Labute approximate surface area is 244 Å². The summed E-state index contributed by atoms with van der Waals surface area (Å²) in [5.41, 5.74) is 13.6. The topological polar surface area (TPSA) is 85.2 Å². The van der Waals surface area contributed by atoms with E-state index in [1.165, 1.54) is 39.4 Å². The summed E-state index contributed by atoms with van der Waals surface area (Å²) in [6, 6.07) is 4.81. The molecule has 0 spiro atoms. The minimum Gasteiger partial charge on any atom is -0.507 e. The molecule has 2 radical (unpaired) electrons. The normalized spacial score (nSPS) is 12.0. The van der Waals surface area contributed by atoms with Gasteiger partial charge in [-0.2, -0.15) is 0 Å². The SMILES string of the molecule is [B]C(=O)C(C)Oc1ccc(-c2nc(-c3c(C)c(C)c(C)c(C)c3C)nc(-c3c(C)c(C)c(C)c(C)c3C)n2)c(O)c1. The van der Waals surface area contributed by atoms with Crippen molar-refractivity contribution in [2.24, 2.45) is 0 Å². The van der Waals surface area contributed by atoms with Crippen molar-refractivity contribution in [2.45, 2.75) is 82.3 Å². The second-order valence-electron chi connectivity index (χ2n) is 11.1. The van der Waals surface area contributed by atoms with Crippen LogP contribution in [-0.2, 0) is 4.79 Å². The minimum atomic E-state index is -0.839. The zero-order valence-electron chi connectivity index (χ0n) is 26.0. The number of aromatic nitrogens is 3. The van der Waals surface area contributed by atoms with Gasteiger partial charge in [-0.3, -0.25) is 0 Å². The second-order valence-corrected chi connectivity index (χ2v) is 11.1. The van der Waals surface area contributed by atoms with Crippen LogP contribution >= 0.6 is 0 Å². The first-order valence-electron chi connectivity index (χ1n) is 13.9. The summed E-state index contributed by atoms with van der Waals surface area (Å²) in [4.78, 5) is 26.4. The molecular weight excluding hydrogens is 509 g/mol. The van der Waals surface area contributed by atoms with Crippen LogP contribution in [0, 0.1) is 69.2 Å². The van der Waals surface area contributed by atoms with Gasteiger partial charge in [0, 0.05) is 17.2 Å². The van der Waals surface area contributed by atoms with E-state index in [2.05, 4.69) is 69.2 Å². The van der Waals surface area contributed by atoms with Crippen molar-refractivity contribution in [3.8, 4) is 45.7 Å². The fourth-order valence-corrected chi connectivity index (χ4v) is 5.43. The van der Waals surface area contributed by atoms with Crippen LogP contribution in [0.25, 0.3) is 34.2 Å². The van der Waals surface area contributed by atoms with E-state index in [9.17, 15) is 9.90 Å². The molecule has 210 valence electrons. The fraction of sp³-hybridized carbons (Fsp3) is 0.353. The number of hydrogen-bond donors (Lipinski definition) is 1. The molecule has 1 heterocycles. The van der Waals surface area contributed by atoms with E-state index >= 15 is 0 Å². The number of hydrogen-bond acceptors (Lipinski definition) is 6. The Kier molecular flexibility index (Phi) is 8.13. The molecule has 7 heteroatoms. The van der Waals surface area contributed by atoms with E-state index in [0.29, 0.717) is 28.8 Å². The lowest BCUT2D eigenvalue weighted by Crippen LogP contribution is -2.23. The van der Waals surface area contributed by atoms with Crippen LogP contribution in [0.1, 0.15) is 62.6 Å². The summed E-state index contributed by atoms with van der Waals surface area (Å²) in [5.74, 6) is 1.71. The van der Waals surface area contributed by atoms with Crippen LogP contribution in [0.2, 0.25) is 0 Å². The third kappa shape index (κ3) is 5.26. The average Bonchev–Trinajstić information content (AvgIpc) is 2.93. The van der Waals surface area contributed by atoms with Gasteiger partial charge in [0.1, 0.15) is 23.3 Å². The van der Waals surface area contributed by atoms with Gasteiger partial charge in [0.25, 0.3) is 0 Å². The predicted octanol–water partition coefficient (Wildman–Crippen LogP) is 7.12. The Morgan fingerprint density at radius 2 is 1.02 bits per heavy atom. The largest absolute Gasteiger partial charge is 0.507 e. The molecule has 1 unspecified atom stereocenters. The fourth-order valence-electron chi connectivity index (χ4n) is 5.43. The second kappa shape index (κ2) is 11.1. The molecule has 41 heavy (non-hydrogen) atoms. The first kappa shape index (κ1) is 30.0. The number of ether oxygens (including phenoxy) is 1. The lowest BCUT2D eigenvalue weighted by Gasteiger charge is -2.21. The highest BCUT2D eigenvalue weighted by atomic mass is 16.5. The summed E-state index contributed by atoms with van der Waals surface area (Å²) >= 11 is 0. The molecule has 4 aromatic rings. The van der Waals surface area contributed by atoms with Crippen LogP contribution in [0.15, 0.2) is 18.2 Å². The van der Waals surface area contributed by atoms with E-state index in [-0.39, 0.29) is 5.75 Å². The summed E-state index contributed by atoms with van der Waals surface area (Å²) in [5, 5.41) is 11.1. The quantitative estimate of drug-likeness (QED) is 0.259. The Balaban J connectivity index is 2.05. The van der Waals surface area contributed by atoms with Gasteiger partial charge in [-0.1, -0.05) is 0 Å². The van der Waals surface area contributed by atoms with Crippen molar-refractivity contribution in [3.05, 3.63) is 73.8 Å². The third-order valence-corrected chi connectivity index (χ3v) is 9.01. The molecule has 0 saturated carbocycles. The smallest absolute Gasteiger partial charge is 0.173 e. The van der Waals surface area contributed by atoms with Crippen LogP contribution < -0.4 is 4.74 Å². The van der Waals surface area contributed by atoms with Gasteiger partial charge in [-0.25, -0.2) is 15.0 Å². The van der Waals surface area contributed by atoms with E-state index in [1.807, 2.05) is 0 Å². The van der Waals surface area contributed by atoms with E-state index in [4.69, 9.17) is 27.5 Å². The van der Waals surface area contributed by atoms with Crippen LogP contribution in [0.3, 0.4) is 0 Å². The van der Waals surface area contributed by atoms with Crippen LogP contribution in [-0.4, -0.2) is 39.7 Å². The molecule has 1 N–H and O–H groups in total. The average molecular weight is 548 g/mol. The van der Waals surface area contributed by atoms with Gasteiger partial charge < -0.3 is 14.6 Å². The number of rotatable bonds is 6. The Morgan fingerprint density at radius 1 is 0.659 bits per heavy atom. The molecule has 6 nitrogen and oxygen atoms in total. The molecule has 0 aliphatic rings. The molecule has 0 fully saturated rings. The highest BCUT2D eigenvalue weighted by molar-refractivity contribution is 6.58. The van der Waals surface area contributed by atoms with Crippen molar-refractivity contribution in [1.29, 1.82) is 0 Å². The Hall–Kier alpha value is -4.00. The standard InChI is InChI=1S/C34H38BN3O3/c1-15-17(3)21(7)29(22(8)18(15)4)33-36-32(27-13-12-26(14-28(27)39)41-25(11)31(35)40)37-34(38-33)30-23(9)19(5)16(2)20(6)24(30)10/h12-14,25,39H,1-11H3. The zero-order valence-corrected chi connectivity index (χ0v) is 26.0. The van der Waals surface area contributed by atoms with Crippen molar-refractivity contribution in [3.63, 3.8) is 0 Å². The monoisotopic (exact) mass is 547 g/mol. The maximum atomic E-state index is 11.5. The van der Waals surface area contributed by atoms with E-state index in [1.54, 1.807) is 19.1 Å². The molecule has 0 bridgehead atoms. The van der Waals surface area contributed by atoms with E-state index < -0.39 is 11.8 Å². The van der Waals surface area contributed by atoms with Gasteiger partial charge >= 0.3 is 0 Å².